The lowest BCUT2D eigenvalue weighted by Crippen LogP contribution is -2.42. The molecule has 0 spiro atoms. The summed E-state index contributed by atoms with van der Waals surface area (Å²) in [6.07, 6.45) is 1.12. The van der Waals surface area contributed by atoms with Crippen molar-refractivity contribution in [3.8, 4) is 0 Å². The fourth-order valence-electron chi connectivity index (χ4n) is 3.08. The Balaban J connectivity index is 1.78. The monoisotopic (exact) mass is 347 g/mol. The molecule has 130 valence electrons. The quantitative estimate of drug-likeness (QED) is 0.791. The molecule has 3 nitrogen and oxygen atoms in total. The molecule has 1 fully saturated rings. The van der Waals surface area contributed by atoms with E-state index in [0.717, 1.165) is 24.3 Å². The van der Waals surface area contributed by atoms with E-state index in [-0.39, 0.29) is 23.5 Å². The van der Waals surface area contributed by atoms with Crippen LogP contribution in [0.2, 0.25) is 0 Å². The van der Waals surface area contributed by atoms with Gasteiger partial charge in [-0.05, 0) is 43.2 Å². The van der Waals surface area contributed by atoms with Gasteiger partial charge in [-0.15, -0.1) is 0 Å². The van der Waals surface area contributed by atoms with Crippen LogP contribution in [0, 0.1) is 23.4 Å². The second-order valence-corrected chi connectivity index (χ2v) is 6.09. The number of hydrogen-bond donors (Lipinski definition) is 0. The molecular formula is C19H16F3NO2. The summed E-state index contributed by atoms with van der Waals surface area (Å²) < 4.78 is 40.4. The molecule has 0 radical (unpaired) electrons. The maximum Gasteiger partial charge on any atom is 0.256 e. The van der Waals surface area contributed by atoms with Gasteiger partial charge in [0.15, 0.2) is 5.78 Å². The number of nitrogens with zero attached hydrogens (tertiary/aromatic N) is 1. The first kappa shape index (κ1) is 17.2. The van der Waals surface area contributed by atoms with Gasteiger partial charge in [0.05, 0.1) is 5.56 Å². The van der Waals surface area contributed by atoms with Crippen molar-refractivity contribution in [3.05, 3.63) is 71.0 Å². The summed E-state index contributed by atoms with van der Waals surface area (Å²) in [5, 5.41) is 0. The molecule has 1 amide bonds. The number of halogens is 3. The molecule has 25 heavy (non-hydrogen) atoms. The second kappa shape index (κ2) is 7.09. The maximum atomic E-state index is 13.8. The van der Waals surface area contributed by atoms with Crippen LogP contribution >= 0.6 is 0 Å². The van der Waals surface area contributed by atoms with Gasteiger partial charge >= 0.3 is 0 Å². The highest BCUT2D eigenvalue weighted by Crippen LogP contribution is 2.23. The van der Waals surface area contributed by atoms with E-state index in [0.29, 0.717) is 19.4 Å². The minimum absolute atomic E-state index is 0.101. The van der Waals surface area contributed by atoms with Crippen molar-refractivity contribution in [2.24, 2.45) is 5.92 Å². The molecule has 2 aromatic rings. The molecule has 2 aromatic carbocycles. The van der Waals surface area contributed by atoms with Gasteiger partial charge in [0.25, 0.3) is 5.91 Å². The Morgan fingerprint density at radius 1 is 1.00 bits per heavy atom. The van der Waals surface area contributed by atoms with E-state index in [9.17, 15) is 22.8 Å². The average molecular weight is 347 g/mol. The highest BCUT2D eigenvalue weighted by Gasteiger charge is 2.30. The average Bonchev–Trinajstić information content (AvgIpc) is 2.62. The Morgan fingerprint density at radius 3 is 2.52 bits per heavy atom. The third kappa shape index (κ3) is 3.73. The molecule has 0 aromatic heterocycles. The zero-order valence-electron chi connectivity index (χ0n) is 13.3. The largest absolute Gasteiger partial charge is 0.338 e. The molecule has 1 saturated heterocycles. The third-order valence-corrected chi connectivity index (χ3v) is 4.35. The lowest BCUT2D eigenvalue weighted by atomic mass is 9.89. The van der Waals surface area contributed by atoms with Crippen molar-refractivity contribution in [2.75, 3.05) is 13.1 Å². The molecule has 1 atom stereocenters. The van der Waals surface area contributed by atoms with Crippen LogP contribution in [0.15, 0.2) is 42.5 Å². The molecule has 0 unspecified atom stereocenters. The van der Waals surface area contributed by atoms with Crippen LogP contribution in [0.1, 0.15) is 33.6 Å². The van der Waals surface area contributed by atoms with Crippen LogP contribution in [0.4, 0.5) is 13.2 Å². The number of amides is 1. The van der Waals surface area contributed by atoms with Gasteiger partial charge in [0.2, 0.25) is 0 Å². The summed E-state index contributed by atoms with van der Waals surface area (Å²) in [5.41, 5.74) is -0.102. The van der Waals surface area contributed by atoms with E-state index >= 15 is 0 Å². The van der Waals surface area contributed by atoms with Crippen molar-refractivity contribution in [1.82, 2.24) is 4.90 Å². The van der Waals surface area contributed by atoms with Crippen LogP contribution in [-0.2, 0) is 0 Å². The number of carbonyl (C=O) groups is 2. The molecule has 0 saturated carbocycles. The summed E-state index contributed by atoms with van der Waals surface area (Å²) in [6.45, 7) is 0.464. The maximum absolute atomic E-state index is 13.8. The van der Waals surface area contributed by atoms with Crippen molar-refractivity contribution < 1.29 is 22.8 Å². The first-order chi connectivity index (χ1) is 12.0. The van der Waals surface area contributed by atoms with Crippen LogP contribution in [0.5, 0.6) is 0 Å². The van der Waals surface area contributed by atoms with E-state index in [2.05, 4.69) is 0 Å². The van der Waals surface area contributed by atoms with Crippen molar-refractivity contribution in [1.29, 1.82) is 0 Å². The molecular weight excluding hydrogens is 331 g/mol. The molecule has 6 heteroatoms. The lowest BCUT2D eigenvalue weighted by Gasteiger charge is -2.32. The smallest absolute Gasteiger partial charge is 0.256 e. The summed E-state index contributed by atoms with van der Waals surface area (Å²) in [5.74, 6) is -3.39. The lowest BCUT2D eigenvalue weighted by molar-refractivity contribution is 0.0632. The van der Waals surface area contributed by atoms with Crippen molar-refractivity contribution >= 4 is 11.7 Å². The van der Waals surface area contributed by atoms with E-state index < -0.39 is 29.3 Å². The number of rotatable bonds is 3. The number of Topliss-reactive ketones (excluding diaryl/α,β-unsaturated/α-hetero) is 1. The summed E-state index contributed by atoms with van der Waals surface area (Å²) in [7, 11) is 0. The minimum atomic E-state index is -0.801. The van der Waals surface area contributed by atoms with Crippen molar-refractivity contribution in [2.45, 2.75) is 12.8 Å². The fraction of sp³-hybridized carbons (Fsp3) is 0.263. The highest BCUT2D eigenvalue weighted by atomic mass is 19.1. The van der Waals surface area contributed by atoms with E-state index in [1.165, 1.54) is 23.1 Å². The SMILES string of the molecule is O=C(c1cccc(F)c1)[C@H]1CCCN(C(=O)c2cc(F)ccc2F)C1. The van der Waals surface area contributed by atoms with Gasteiger partial charge in [-0.2, -0.15) is 0 Å². The minimum Gasteiger partial charge on any atom is -0.338 e. The number of piperidine rings is 1. The first-order valence-electron chi connectivity index (χ1n) is 8.00. The number of likely N-dealkylation sites (tertiary alicyclic amines) is 1. The zero-order valence-corrected chi connectivity index (χ0v) is 13.3. The van der Waals surface area contributed by atoms with Gasteiger partial charge in [-0.3, -0.25) is 9.59 Å². The predicted octanol–water partition coefficient (Wildman–Crippen LogP) is 3.84. The topological polar surface area (TPSA) is 37.4 Å². The molecule has 0 bridgehead atoms. The molecule has 1 aliphatic rings. The summed E-state index contributed by atoms with van der Waals surface area (Å²) in [4.78, 5) is 26.4. The Morgan fingerprint density at radius 2 is 1.76 bits per heavy atom. The van der Waals surface area contributed by atoms with E-state index in [4.69, 9.17) is 0 Å². The molecule has 1 aliphatic heterocycles. The van der Waals surface area contributed by atoms with Crippen LogP contribution in [0.3, 0.4) is 0 Å². The van der Waals surface area contributed by atoms with Crippen LogP contribution in [0.25, 0.3) is 0 Å². The number of hydrogen-bond acceptors (Lipinski definition) is 2. The van der Waals surface area contributed by atoms with Crippen LogP contribution < -0.4 is 0 Å². The molecule has 1 heterocycles. The number of carbonyl (C=O) groups excluding carboxylic acids is 2. The Labute approximate surface area is 143 Å². The zero-order chi connectivity index (χ0) is 18.0. The molecule has 3 rings (SSSR count). The normalized spacial score (nSPS) is 17.4. The van der Waals surface area contributed by atoms with Crippen molar-refractivity contribution in [3.63, 3.8) is 0 Å². The Kier molecular flexibility index (Phi) is 4.88. The molecule has 0 aliphatic carbocycles. The van der Waals surface area contributed by atoms with Gasteiger partial charge in [0, 0.05) is 24.6 Å². The van der Waals surface area contributed by atoms with Gasteiger partial charge in [0.1, 0.15) is 17.5 Å². The summed E-state index contributed by atoms with van der Waals surface area (Å²) >= 11 is 0. The van der Waals surface area contributed by atoms with E-state index in [1.807, 2.05) is 0 Å². The predicted molar refractivity (Wildman–Crippen MR) is 85.7 cm³/mol. The van der Waals surface area contributed by atoms with Gasteiger partial charge in [-0.1, -0.05) is 12.1 Å². The number of benzene rings is 2. The molecule has 0 N–H and O–H groups in total. The van der Waals surface area contributed by atoms with Gasteiger partial charge in [-0.25, -0.2) is 13.2 Å². The second-order valence-electron chi connectivity index (χ2n) is 6.09. The fourth-order valence-corrected chi connectivity index (χ4v) is 3.08. The first-order valence-corrected chi connectivity index (χ1v) is 8.00. The third-order valence-electron chi connectivity index (χ3n) is 4.35. The standard InChI is InChI=1S/C19H16F3NO2/c20-14-5-1-3-12(9-14)18(24)13-4-2-8-23(11-13)19(25)16-10-15(21)6-7-17(16)22/h1,3,5-7,9-10,13H,2,4,8,11H2/t13-/m0/s1. The highest BCUT2D eigenvalue weighted by molar-refractivity contribution is 5.99. The van der Waals surface area contributed by atoms with Crippen LogP contribution in [-0.4, -0.2) is 29.7 Å². The Bertz CT molecular complexity index is 822. The number of ketones is 1. The van der Waals surface area contributed by atoms with Gasteiger partial charge < -0.3 is 4.90 Å². The summed E-state index contributed by atoms with van der Waals surface area (Å²) in [6, 6.07) is 8.10. The Hall–Kier alpha value is -2.63. The van der Waals surface area contributed by atoms with E-state index in [1.54, 1.807) is 0 Å².